The van der Waals surface area contributed by atoms with Crippen LogP contribution in [-0.2, 0) is 29.1 Å². The minimum Gasteiger partial charge on any atom is -0.496 e. The monoisotopic (exact) mass is 392 g/mol. The van der Waals surface area contributed by atoms with Crippen molar-refractivity contribution in [3.8, 4) is 5.75 Å². The summed E-state index contributed by atoms with van der Waals surface area (Å²) in [5.74, 6) is 0.592. The largest absolute Gasteiger partial charge is 0.496 e. The Morgan fingerprint density at radius 3 is 2.72 bits per heavy atom. The minimum atomic E-state index is -0.160. The van der Waals surface area contributed by atoms with Crippen LogP contribution < -0.4 is 15.4 Å². The Balaban J connectivity index is 1.47. The van der Waals surface area contributed by atoms with Crippen molar-refractivity contribution in [3.63, 3.8) is 0 Å². The number of nitrogens with zero attached hydrogens (tertiary/aromatic N) is 2. The number of ether oxygens (including phenoxy) is 1. The summed E-state index contributed by atoms with van der Waals surface area (Å²) in [6, 6.07) is 16.9. The normalized spacial score (nSPS) is 10.4. The Morgan fingerprint density at radius 1 is 1.07 bits per heavy atom. The molecule has 3 aromatic rings. The van der Waals surface area contributed by atoms with Crippen molar-refractivity contribution < 1.29 is 14.3 Å². The van der Waals surface area contributed by atoms with Gasteiger partial charge in [0.1, 0.15) is 12.3 Å². The number of carbonyl (C=O) groups excluding carboxylic acids is 2. The summed E-state index contributed by atoms with van der Waals surface area (Å²) in [7, 11) is 1.62. The molecule has 0 radical (unpaired) electrons. The molecule has 150 valence electrons. The summed E-state index contributed by atoms with van der Waals surface area (Å²) >= 11 is 0. The second-order valence-electron chi connectivity index (χ2n) is 6.54. The zero-order chi connectivity index (χ0) is 20.5. The van der Waals surface area contributed by atoms with Gasteiger partial charge in [-0.25, -0.2) is 0 Å². The summed E-state index contributed by atoms with van der Waals surface area (Å²) in [6.45, 7) is 0.546. The molecule has 2 amide bonds. The molecule has 0 aliphatic carbocycles. The van der Waals surface area contributed by atoms with E-state index in [2.05, 4.69) is 15.7 Å². The number of aryl methyl sites for hydroxylation is 1. The molecular weight excluding hydrogens is 368 g/mol. The van der Waals surface area contributed by atoms with Crippen LogP contribution in [-0.4, -0.2) is 28.7 Å². The molecule has 1 heterocycles. The molecule has 0 saturated heterocycles. The first kappa shape index (κ1) is 20.1. The topological polar surface area (TPSA) is 85.3 Å². The quantitative estimate of drug-likeness (QED) is 0.586. The summed E-state index contributed by atoms with van der Waals surface area (Å²) in [5.41, 5.74) is 2.60. The molecule has 0 spiro atoms. The van der Waals surface area contributed by atoms with Crippen LogP contribution in [0.2, 0.25) is 0 Å². The average molecular weight is 392 g/mol. The third kappa shape index (κ3) is 6.21. The standard InChI is InChI=1S/C22H24N4O3/c1-29-20-9-3-2-7-18(20)10-11-21(27)23-15-17-6-4-8-19(14-17)25-22(28)16-26-13-5-12-24-26/h2-9,12-14H,10-11,15-16H2,1H3,(H,23,27)(H,25,28). The number of methoxy groups -OCH3 is 1. The summed E-state index contributed by atoms with van der Waals surface area (Å²) in [5, 5.41) is 9.77. The number of amides is 2. The average Bonchev–Trinajstić information content (AvgIpc) is 3.24. The van der Waals surface area contributed by atoms with E-state index in [9.17, 15) is 9.59 Å². The highest BCUT2D eigenvalue weighted by Gasteiger charge is 2.07. The van der Waals surface area contributed by atoms with E-state index >= 15 is 0 Å². The first-order valence-electron chi connectivity index (χ1n) is 9.39. The van der Waals surface area contributed by atoms with E-state index < -0.39 is 0 Å². The van der Waals surface area contributed by atoms with E-state index in [0.29, 0.717) is 25.1 Å². The van der Waals surface area contributed by atoms with Gasteiger partial charge in [-0.05, 0) is 41.8 Å². The van der Waals surface area contributed by atoms with Gasteiger partial charge in [0, 0.05) is 31.0 Å². The van der Waals surface area contributed by atoms with Gasteiger partial charge < -0.3 is 15.4 Å². The van der Waals surface area contributed by atoms with Crippen LogP contribution in [0.25, 0.3) is 0 Å². The Bertz CT molecular complexity index is 954. The van der Waals surface area contributed by atoms with Crippen molar-refractivity contribution >= 4 is 17.5 Å². The molecule has 0 aliphatic heterocycles. The van der Waals surface area contributed by atoms with E-state index in [1.54, 1.807) is 30.3 Å². The van der Waals surface area contributed by atoms with Crippen molar-refractivity contribution in [3.05, 3.63) is 78.1 Å². The van der Waals surface area contributed by atoms with Gasteiger partial charge in [0.15, 0.2) is 0 Å². The van der Waals surface area contributed by atoms with Gasteiger partial charge in [0.05, 0.1) is 7.11 Å². The highest BCUT2D eigenvalue weighted by Crippen LogP contribution is 2.18. The van der Waals surface area contributed by atoms with Crippen molar-refractivity contribution in [2.75, 3.05) is 12.4 Å². The van der Waals surface area contributed by atoms with Gasteiger partial charge in [0.25, 0.3) is 0 Å². The van der Waals surface area contributed by atoms with Crippen molar-refractivity contribution in [2.24, 2.45) is 0 Å². The predicted molar refractivity (Wildman–Crippen MR) is 110 cm³/mol. The van der Waals surface area contributed by atoms with Crippen molar-refractivity contribution in [1.82, 2.24) is 15.1 Å². The number of aromatic nitrogens is 2. The third-order valence-corrected chi connectivity index (χ3v) is 4.38. The molecule has 0 fully saturated rings. The van der Waals surface area contributed by atoms with Crippen LogP contribution in [0.5, 0.6) is 5.75 Å². The third-order valence-electron chi connectivity index (χ3n) is 4.38. The maximum absolute atomic E-state index is 12.2. The van der Waals surface area contributed by atoms with E-state index in [1.165, 1.54) is 0 Å². The molecule has 2 aromatic carbocycles. The van der Waals surface area contributed by atoms with Crippen LogP contribution in [0.3, 0.4) is 0 Å². The van der Waals surface area contributed by atoms with E-state index in [-0.39, 0.29) is 18.4 Å². The molecule has 0 bridgehead atoms. The van der Waals surface area contributed by atoms with E-state index in [1.807, 2.05) is 48.5 Å². The van der Waals surface area contributed by atoms with Crippen LogP contribution in [0, 0.1) is 0 Å². The van der Waals surface area contributed by atoms with Gasteiger partial charge in [-0.1, -0.05) is 30.3 Å². The van der Waals surface area contributed by atoms with Gasteiger partial charge >= 0.3 is 0 Å². The number of anilines is 1. The lowest BCUT2D eigenvalue weighted by molar-refractivity contribution is -0.121. The van der Waals surface area contributed by atoms with Gasteiger partial charge in [-0.15, -0.1) is 0 Å². The highest BCUT2D eigenvalue weighted by atomic mass is 16.5. The molecule has 3 rings (SSSR count). The second kappa shape index (κ2) is 10.1. The summed E-state index contributed by atoms with van der Waals surface area (Å²) < 4.78 is 6.87. The van der Waals surface area contributed by atoms with Gasteiger partial charge in [-0.2, -0.15) is 5.10 Å². The number of hydrogen-bond acceptors (Lipinski definition) is 4. The molecule has 1 aromatic heterocycles. The molecular formula is C22H24N4O3. The zero-order valence-corrected chi connectivity index (χ0v) is 16.3. The Labute approximate surface area is 169 Å². The summed E-state index contributed by atoms with van der Waals surface area (Å²) in [6.07, 6.45) is 4.35. The molecule has 7 nitrogen and oxygen atoms in total. The van der Waals surface area contributed by atoms with Crippen LogP contribution in [0.4, 0.5) is 5.69 Å². The molecule has 7 heteroatoms. The number of hydrogen-bond donors (Lipinski definition) is 2. The maximum atomic E-state index is 12.2. The number of rotatable bonds is 9. The zero-order valence-electron chi connectivity index (χ0n) is 16.3. The number of carbonyl (C=O) groups is 2. The fourth-order valence-corrected chi connectivity index (χ4v) is 2.95. The van der Waals surface area contributed by atoms with Crippen molar-refractivity contribution in [1.29, 1.82) is 0 Å². The van der Waals surface area contributed by atoms with Crippen LogP contribution in [0.15, 0.2) is 67.0 Å². The molecule has 0 unspecified atom stereocenters. The predicted octanol–water partition coefficient (Wildman–Crippen LogP) is 2.78. The molecule has 0 saturated carbocycles. The first-order valence-corrected chi connectivity index (χ1v) is 9.39. The van der Waals surface area contributed by atoms with Crippen LogP contribution in [0.1, 0.15) is 17.5 Å². The fraction of sp³-hybridized carbons (Fsp3) is 0.227. The highest BCUT2D eigenvalue weighted by molar-refractivity contribution is 5.90. The Kier molecular flexibility index (Phi) is 7.00. The lowest BCUT2D eigenvalue weighted by Gasteiger charge is -2.10. The molecule has 0 aliphatic rings. The smallest absolute Gasteiger partial charge is 0.246 e. The Hall–Kier alpha value is -3.61. The van der Waals surface area contributed by atoms with Crippen molar-refractivity contribution in [2.45, 2.75) is 25.9 Å². The Morgan fingerprint density at radius 2 is 1.93 bits per heavy atom. The van der Waals surface area contributed by atoms with Gasteiger partial charge in [0.2, 0.25) is 11.8 Å². The molecule has 0 atom stereocenters. The maximum Gasteiger partial charge on any atom is 0.246 e. The lowest BCUT2D eigenvalue weighted by atomic mass is 10.1. The number of para-hydroxylation sites is 1. The fourth-order valence-electron chi connectivity index (χ4n) is 2.95. The minimum absolute atomic E-state index is 0.0379. The number of benzene rings is 2. The number of nitrogens with one attached hydrogen (secondary N) is 2. The van der Waals surface area contributed by atoms with Gasteiger partial charge in [-0.3, -0.25) is 14.3 Å². The molecule has 2 N–H and O–H groups in total. The second-order valence-corrected chi connectivity index (χ2v) is 6.54. The summed E-state index contributed by atoms with van der Waals surface area (Å²) in [4.78, 5) is 24.3. The SMILES string of the molecule is COc1ccccc1CCC(=O)NCc1cccc(NC(=O)Cn2cccn2)c1. The molecule has 29 heavy (non-hydrogen) atoms. The van der Waals surface area contributed by atoms with Crippen LogP contribution >= 0.6 is 0 Å². The van der Waals surface area contributed by atoms with E-state index in [0.717, 1.165) is 16.9 Å². The van der Waals surface area contributed by atoms with E-state index in [4.69, 9.17) is 4.74 Å². The lowest BCUT2D eigenvalue weighted by Crippen LogP contribution is -2.23. The first-order chi connectivity index (χ1) is 14.1.